The average molecular weight is 242 g/mol. The average Bonchev–Trinajstić information content (AvgIpc) is 2.41. The molecule has 0 unspecified atom stereocenters. The van der Waals surface area contributed by atoms with Crippen LogP contribution in [0.5, 0.6) is 11.5 Å². The van der Waals surface area contributed by atoms with Gasteiger partial charge in [-0.1, -0.05) is 18.2 Å². The molecule has 0 aliphatic heterocycles. The molecule has 0 spiro atoms. The van der Waals surface area contributed by atoms with Gasteiger partial charge in [0.1, 0.15) is 5.75 Å². The van der Waals surface area contributed by atoms with E-state index in [1.165, 1.54) is 0 Å². The van der Waals surface area contributed by atoms with Crippen molar-refractivity contribution < 1.29 is 9.53 Å². The smallest absolute Gasteiger partial charge is 0.251 e. The molecular formula is C14H14N2O2. The van der Waals surface area contributed by atoms with Crippen molar-refractivity contribution >= 4 is 11.6 Å². The van der Waals surface area contributed by atoms with Gasteiger partial charge in [0.2, 0.25) is 0 Å². The molecule has 4 nitrogen and oxygen atoms in total. The van der Waals surface area contributed by atoms with Crippen molar-refractivity contribution in [2.45, 2.75) is 0 Å². The first kappa shape index (κ1) is 12.0. The Kier molecular flexibility index (Phi) is 3.48. The van der Waals surface area contributed by atoms with Crippen LogP contribution in [-0.4, -0.2) is 13.0 Å². The maximum absolute atomic E-state index is 11.5. The van der Waals surface area contributed by atoms with Crippen LogP contribution in [0.25, 0.3) is 0 Å². The highest BCUT2D eigenvalue weighted by Gasteiger charge is 2.08. The molecule has 2 aromatic rings. The molecule has 0 saturated heterocycles. The largest absolute Gasteiger partial charge is 0.455 e. The van der Waals surface area contributed by atoms with Crippen LogP contribution in [-0.2, 0) is 0 Å². The van der Waals surface area contributed by atoms with Crippen LogP contribution in [0.1, 0.15) is 10.4 Å². The number of nitrogens with two attached hydrogens (primary N) is 1. The summed E-state index contributed by atoms with van der Waals surface area (Å²) in [6.07, 6.45) is 0. The Bertz CT molecular complexity index is 553. The van der Waals surface area contributed by atoms with Crippen LogP contribution >= 0.6 is 0 Å². The number of carbonyl (C=O) groups excluding carboxylic acids is 1. The van der Waals surface area contributed by atoms with E-state index in [0.29, 0.717) is 22.7 Å². The molecule has 2 aromatic carbocycles. The molecule has 0 aromatic heterocycles. The molecule has 92 valence electrons. The number of nitrogens with one attached hydrogen (secondary N) is 1. The standard InChI is InChI=1S/C14H14N2O2/c1-16-14(17)10-7-8-12(15)13(9-10)18-11-5-3-2-4-6-11/h2-9H,15H2,1H3,(H,16,17). The Morgan fingerprint density at radius 1 is 1.17 bits per heavy atom. The molecule has 3 N–H and O–H groups in total. The summed E-state index contributed by atoms with van der Waals surface area (Å²) >= 11 is 0. The van der Waals surface area contributed by atoms with Crippen molar-refractivity contribution in [3.63, 3.8) is 0 Å². The molecule has 18 heavy (non-hydrogen) atoms. The lowest BCUT2D eigenvalue weighted by Gasteiger charge is -2.09. The van der Waals surface area contributed by atoms with Gasteiger partial charge in [0.05, 0.1) is 5.69 Å². The molecular weight excluding hydrogens is 228 g/mol. The number of hydrogen-bond donors (Lipinski definition) is 2. The van der Waals surface area contributed by atoms with Crippen molar-refractivity contribution in [2.75, 3.05) is 12.8 Å². The quantitative estimate of drug-likeness (QED) is 0.812. The molecule has 0 aliphatic rings. The summed E-state index contributed by atoms with van der Waals surface area (Å²) in [4.78, 5) is 11.5. The minimum absolute atomic E-state index is 0.173. The lowest BCUT2D eigenvalue weighted by molar-refractivity contribution is 0.0963. The number of hydrogen-bond acceptors (Lipinski definition) is 3. The Hall–Kier alpha value is -2.49. The van der Waals surface area contributed by atoms with E-state index in [9.17, 15) is 4.79 Å². The van der Waals surface area contributed by atoms with Gasteiger partial charge >= 0.3 is 0 Å². The Balaban J connectivity index is 2.30. The Morgan fingerprint density at radius 3 is 2.56 bits per heavy atom. The fraction of sp³-hybridized carbons (Fsp3) is 0.0714. The van der Waals surface area contributed by atoms with E-state index >= 15 is 0 Å². The maximum atomic E-state index is 11.5. The minimum Gasteiger partial charge on any atom is -0.455 e. The predicted molar refractivity (Wildman–Crippen MR) is 70.8 cm³/mol. The van der Waals surface area contributed by atoms with Crippen molar-refractivity contribution in [1.82, 2.24) is 5.32 Å². The molecule has 2 rings (SSSR count). The van der Waals surface area contributed by atoms with Crippen LogP contribution < -0.4 is 15.8 Å². The van der Waals surface area contributed by atoms with Crippen LogP contribution in [0, 0.1) is 0 Å². The SMILES string of the molecule is CNC(=O)c1ccc(N)c(Oc2ccccc2)c1. The summed E-state index contributed by atoms with van der Waals surface area (Å²) in [6.45, 7) is 0. The summed E-state index contributed by atoms with van der Waals surface area (Å²) in [6, 6.07) is 14.2. The van der Waals surface area contributed by atoms with Crippen LogP contribution in [0.2, 0.25) is 0 Å². The number of anilines is 1. The lowest BCUT2D eigenvalue weighted by Crippen LogP contribution is -2.17. The van der Waals surface area contributed by atoms with E-state index in [0.717, 1.165) is 0 Å². The van der Waals surface area contributed by atoms with Crippen molar-refractivity contribution in [2.24, 2.45) is 0 Å². The number of carbonyl (C=O) groups is 1. The number of rotatable bonds is 3. The van der Waals surface area contributed by atoms with Gasteiger partial charge in [-0.3, -0.25) is 4.79 Å². The van der Waals surface area contributed by atoms with Crippen LogP contribution in [0.4, 0.5) is 5.69 Å². The minimum atomic E-state index is -0.173. The molecule has 1 amide bonds. The Morgan fingerprint density at radius 2 is 1.89 bits per heavy atom. The van der Waals surface area contributed by atoms with Gasteiger partial charge in [-0.15, -0.1) is 0 Å². The van der Waals surface area contributed by atoms with Crippen molar-refractivity contribution in [3.8, 4) is 11.5 Å². The number of benzene rings is 2. The first-order valence-electron chi connectivity index (χ1n) is 5.55. The van der Waals surface area contributed by atoms with Crippen molar-refractivity contribution in [3.05, 3.63) is 54.1 Å². The third-order valence-corrected chi connectivity index (χ3v) is 2.47. The maximum Gasteiger partial charge on any atom is 0.251 e. The van der Waals surface area contributed by atoms with Crippen LogP contribution in [0.3, 0.4) is 0 Å². The third kappa shape index (κ3) is 2.60. The summed E-state index contributed by atoms with van der Waals surface area (Å²) in [7, 11) is 1.58. The number of ether oxygens (including phenoxy) is 1. The van der Waals surface area contributed by atoms with Gasteiger partial charge in [0, 0.05) is 12.6 Å². The van der Waals surface area contributed by atoms with Gasteiger partial charge in [0.25, 0.3) is 5.91 Å². The van der Waals surface area contributed by atoms with Gasteiger partial charge in [0.15, 0.2) is 5.75 Å². The molecule has 0 saturated carbocycles. The molecule has 0 bridgehead atoms. The molecule has 4 heteroatoms. The fourth-order valence-corrected chi connectivity index (χ4v) is 1.52. The number of nitrogen functional groups attached to an aromatic ring is 1. The normalized spacial score (nSPS) is 9.83. The third-order valence-electron chi connectivity index (χ3n) is 2.47. The van der Waals surface area contributed by atoms with E-state index in [-0.39, 0.29) is 5.91 Å². The highest BCUT2D eigenvalue weighted by atomic mass is 16.5. The van der Waals surface area contributed by atoms with Gasteiger partial charge < -0.3 is 15.8 Å². The molecule has 0 radical (unpaired) electrons. The Labute approximate surface area is 105 Å². The lowest BCUT2D eigenvalue weighted by atomic mass is 10.2. The predicted octanol–water partition coefficient (Wildman–Crippen LogP) is 2.42. The zero-order chi connectivity index (χ0) is 13.0. The molecule has 0 fully saturated rings. The van der Waals surface area contributed by atoms with Crippen molar-refractivity contribution in [1.29, 1.82) is 0 Å². The van der Waals surface area contributed by atoms with Gasteiger partial charge in [-0.05, 0) is 30.3 Å². The topological polar surface area (TPSA) is 64.4 Å². The van der Waals surface area contributed by atoms with E-state index in [1.807, 2.05) is 30.3 Å². The summed E-state index contributed by atoms with van der Waals surface area (Å²) in [5.74, 6) is 0.980. The molecule has 0 atom stereocenters. The second-order valence-corrected chi connectivity index (χ2v) is 3.75. The first-order valence-corrected chi connectivity index (χ1v) is 5.55. The summed E-state index contributed by atoms with van der Waals surface area (Å²) in [5.41, 5.74) is 6.83. The zero-order valence-corrected chi connectivity index (χ0v) is 10.0. The second-order valence-electron chi connectivity index (χ2n) is 3.75. The van der Waals surface area contributed by atoms with Crippen LogP contribution in [0.15, 0.2) is 48.5 Å². The summed E-state index contributed by atoms with van der Waals surface area (Å²) in [5, 5.41) is 2.56. The monoisotopic (exact) mass is 242 g/mol. The van der Waals surface area contributed by atoms with E-state index in [4.69, 9.17) is 10.5 Å². The van der Waals surface area contributed by atoms with E-state index in [2.05, 4.69) is 5.32 Å². The number of amides is 1. The van der Waals surface area contributed by atoms with E-state index < -0.39 is 0 Å². The van der Waals surface area contributed by atoms with E-state index in [1.54, 1.807) is 25.2 Å². The zero-order valence-electron chi connectivity index (χ0n) is 10.0. The first-order chi connectivity index (χ1) is 8.70. The second kappa shape index (κ2) is 5.23. The highest BCUT2D eigenvalue weighted by Crippen LogP contribution is 2.28. The fourth-order valence-electron chi connectivity index (χ4n) is 1.52. The summed E-state index contributed by atoms with van der Waals surface area (Å²) < 4.78 is 5.64. The number of para-hydroxylation sites is 1. The van der Waals surface area contributed by atoms with Gasteiger partial charge in [-0.25, -0.2) is 0 Å². The molecule has 0 aliphatic carbocycles. The highest BCUT2D eigenvalue weighted by molar-refractivity contribution is 5.95. The van der Waals surface area contributed by atoms with Gasteiger partial charge in [-0.2, -0.15) is 0 Å². The molecule has 0 heterocycles.